The van der Waals surface area contributed by atoms with Crippen molar-refractivity contribution in [3.63, 3.8) is 0 Å². The van der Waals surface area contributed by atoms with Gasteiger partial charge in [0.05, 0.1) is 10.5 Å². The molecule has 0 saturated carbocycles. The van der Waals surface area contributed by atoms with E-state index in [1.54, 1.807) is 0 Å². The summed E-state index contributed by atoms with van der Waals surface area (Å²) in [6.07, 6.45) is 0. The Morgan fingerprint density at radius 1 is 1.38 bits per heavy atom. The van der Waals surface area contributed by atoms with Crippen LogP contribution in [-0.4, -0.2) is 4.98 Å². The summed E-state index contributed by atoms with van der Waals surface area (Å²) >= 11 is 5.98. The van der Waals surface area contributed by atoms with Gasteiger partial charge in [-0.1, -0.05) is 23.7 Å². The number of rotatable bonds is 0. The minimum absolute atomic E-state index is 0.512. The van der Waals surface area contributed by atoms with Gasteiger partial charge in [0.25, 0.3) is 0 Å². The molecular weight excluding hydrogens is 184 g/mol. The number of para-hydroxylation sites is 1. The molecule has 0 spiro atoms. The summed E-state index contributed by atoms with van der Waals surface area (Å²) < 4.78 is 0. The number of nitrogens with two attached hydrogens (primary N) is 1. The predicted octanol–water partition coefficient (Wildman–Crippen LogP) is 2.78. The number of nitrogen functional groups attached to an aromatic ring is 1. The fourth-order valence-corrected chi connectivity index (χ4v) is 1.62. The van der Waals surface area contributed by atoms with Gasteiger partial charge >= 0.3 is 0 Å². The van der Waals surface area contributed by atoms with Gasteiger partial charge in [0.15, 0.2) is 0 Å². The number of fused-ring (bicyclic) bond motifs is 1. The molecule has 0 aliphatic rings. The Morgan fingerprint density at radius 3 is 2.92 bits per heavy atom. The lowest BCUT2D eigenvalue weighted by Gasteiger charge is -2.03. The van der Waals surface area contributed by atoms with Crippen molar-refractivity contribution in [1.82, 2.24) is 4.98 Å². The highest BCUT2D eigenvalue weighted by Gasteiger charge is 2.03. The topological polar surface area (TPSA) is 38.9 Å². The summed E-state index contributed by atoms with van der Waals surface area (Å²) in [5, 5.41) is 1.70. The molecule has 0 unspecified atom stereocenters. The highest BCUT2D eigenvalue weighted by Crippen LogP contribution is 2.24. The van der Waals surface area contributed by atoms with Crippen molar-refractivity contribution in [3.8, 4) is 0 Å². The van der Waals surface area contributed by atoms with Crippen LogP contribution in [0.2, 0.25) is 5.02 Å². The summed E-state index contributed by atoms with van der Waals surface area (Å²) in [6, 6.07) is 7.56. The van der Waals surface area contributed by atoms with Crippen molar-refractivity contribution in [3.05, 3.63) is 34.9 Å². The van der Waals surface area contributed by atoms with Crippen molar-refractivity contribution >= 4 is 28.3 Å². The number of anilines is 1. The third kappa shape index (κ3) is 1.33. The summed E-state index contributed by atoms with van der Waals surface area (Å²) in [5.74, 6) is 0.512. The second-order valence-corrected chi connectivity index (χ2v) is 3.41. The van der Waals surface area contributed by atoms with Crippen LogP contribution in [0.4, 0.5) is 5.82 Å². The van der Waals surface area contributed by atoms with Gasteiger partial charge in [0, 0.05) is 5.39 Å². The Morgan fingerprint density at radius 2 is 2.15 bits per heavy atom. The zero-order valence-corrected chi connectivity index (χ0v) is 7.97. The average Bonchev–Trinajstić information content (AvgIpc) is 2.07. The lowest BCUT2D eigenvalue weighted by Crippen LogP contribution is -1.92. The van der Waals surface area contributed by atoms with Crippen molar-refractivity contribution < 1.29 is 0 Å². The molecule has 66 valence electrons. The summed E-state index contributed by atoms with van der Waals surface area (Å²) in [4.78, 5) is 4.18. The molecule has 2 nitrogen and oxygen atoms in total. The molecule has 2 N–H and O–H groups in total. The van der Waals surface area contributed by atoms with Crippen LogP contribution in [0.15, 0.2) is 24.3 Å². The third-order valence-electron chi connectivity index (χ3n) is 2.02. The molecule has 0 saturated heterocycles. The Kier molecular flexibility index (Phi) is 1.85. The van der Waals surface area contributed by atoms with Gasteiger partial charge in [-0.2, -0.15) is 0 Å². The molecule has 0 fully saturated rings. The Bertz CT molecular complexity index is 466. The lowest BCUT2D eigenvalue weighted by molar-refractivity contribution is 1.37. The summed E-state index contributed by atoms with van der Waals surface area (Å²) in [5.41, 5.74) is 7.51. The van der Waals surface area contributed by atoms with Crippen LogP contribution in [0.25, 0.3) is 10.9 Å². The maximum Gasteiger partial charge on any atom is 0.124 e. The van der Waals surface area contributed by atoms with E-state index < -0.39 is 0 Å². The fraction of sp³-hybridized carbons (Fsp3) is 0.100. The third-order valence-corrected chi connectivity index (χ3v) is 2.32. The average molecular weight is 193 g/mol. The van der Waals surface area contributed by atoms with Crippen molar-refractivity contribution in [2.45, 2.75) is 6.92 Å². The number of pyridine rings is 1. The van der Waals surface area contributed by atoms with Crippen LogP contribution in [0.5, 0.6) is 0 Å². The highest BCUT2D eigenvalue weighted by atomic mass is 35.5. The van der Waals surface area contributed by atoms with E-state index in [4.69, 9.17) is 17.3 Å². The van der Waals surface area contributed by atoms with Crippen LogP contribution in [0.1, 0.15) is 5.56 Å². The van der Waals surface area contributed by atoms with E-state index in [0.29, 0.717) is 10.8 Å². The number of aromatic nitrogens is 1. The Hall–Kier alpha value is -1.28. The van der Waals surface area contributed by atoms with Gasteiger partial charge in [0.2, 0.25) is 0 Å². The number of benzene rings is 1. The molecule has 13 heavy (non-hydrogen) atoms. The fourth-order valence-electron chi connectivity index (χ4n) is 1.41. The first kappa shape index (κ1) is 8.32. The number of hydrogen-bond acceptors (Lipinski definition) is 2. The van der Waals surface area contributed by atoms with E-state index in [1.807, 2.05) is 31.2 Å². The van der Waals surface area contributed by atoms with Gasteiger partial charge < -0.3 is 5.73 Å². The molecule has 2 rings (SSSR count). The number of halogens is 1. The Balaban J connectivity index is 2.94. The number of nitrogens with zero attached hydrogens (tertiary/aromatic N) is 1. The molecule has 1 heterocycles. The Labute approximate surface area is 81.3 Å². The first-order chi connectivity index (χ1) is 6.18. The number of hydrogen-bond donors (Lipinski definition) is 1. The SMILES string of the molecule is Cc1cc(N)nc2c(Cl)cccc12. The minimum atomic E-state index is 0.512. The van der Waals surface area contributed by atoms with E-state index in [2.05, 4.69) is 4.98 Å². The van der Waals surface area contributed by atoms with Crippen molar-refractivity contribution in [2.24, 2.45) is 0 Å². The van der Waals surface area contributed by atoms with Crippen LogP contribution >= 0.6 is 11.6 Å². The molecule has 0 aliphatic carbocycles. The maximum atomic E-state index is 5.98. The van der Waals surface area contributed by atoms with Gasteiger partial charge in [-0.15, -0.1) is 0 Å². The molecule has 0 radical (unpaired) electrons. The predicted molar refractivity (Wildman–Crippen MR) is 55.9 cm³/mol. The minimum Gasteiger partial charge on any atom is -0.384 e. The smallest absolute Gasteiger partial charge is 0.124 e. The molecule has 1 aromatic heterocycles. The first-order valence-corrected chi connectivity index (χ1v) is 4.37. The van der Waals surface area contributed by atoms with Crippen LogP contribution in [0, 0.1) is 6.92 Å². The number of aryl methyl sites for hydroxylation is 1. The van der Waals surface area contributed by atoms with Crippen LogP contribution in [0.3, 0.4) is 0 Å². The van der Waals surface area contributed by atoms with E-state index in [1.165, 1.54) is 0 Å². The molecule has 0 atom stereocenters. The quantitative estimate of drug-likeness (QED) is 0.697. The maximum absolute atomic E-state index is 5.98. The monoisotopic (exact) mass is 192 g/mol. The van der Waals surface area contributed by atoms with Crippen molar-refractivity contribution in [1.29, 1.82) is 0 Å². The van der Waals surface area contributed by atoms with E-state index in [9.17, 15) is 0 Å². The standard InChI is InChI=1S/C10H9ClN2/c1-6-5-9(12)13-10-7(6)3-2-4-8(10)11/h2-5H,1H3,(H2,12,13). The second-order valence-electron chi connectivity index (χ2n) is 3.00. The van der Waals surface area contributed by atoms with E-state index in [0.717, 1.165) is 16.5 Å². The molecule has 1 aromatic carbocycles. The van der Waals surface area contributed by atoms with E-state index >= 15 is 0 Å². The van der Waals surface area contributed by atoms with Gasteiger partial charge in [-0.25, -0.2) is 4.98 Å². The first-order valence-electron chi connectivity index (χ1n) is 4.00. The van der Waals surface area contributed by atoms with Gasteiger partial charge in [0.1, 0.15) is 5.82 Å². The molecular formula is C10H9ClN2. The van der Waals surface area contributed by atoms with E-state index in [-0.39, 0.29) is 0 Å². The molecule has 0 bridgehead atoms. The summed E-state index contributed by atoms with van der Waals surface area (Å²) in [7, 11) is 0. The molecule has 3 heteroatoms. The molecule has 2 aromatic rings. The van der Waals surface area contributed by atoms with Gasteiger partial charge in [-0.3, -0.25) is 0 Å². The molecule has 0 amide bonds. The van der Waals surface area contributed by atoms with Crippen LogP contribution in [-0.2, 0) is 0 Å². The van der Waals surface area contributed by atoms with Gasteiger partial charge in [-0.05, 0) is 24.6 Å². The molecule has 0 aliphatic heterocycles. The van der Waals surface area contributed by atoms with Crippen LogP contribution < -0.4 is 5.73 Å². The highest BCUT2D eigenvalue weighted by molar-refractivity contribution is 6.35. The van der Waals surface area contributed by atoms with Crippen molar-refractivity contribution in [2.75, 3.05) is 5.73 Å². The zero-order valence-electron chi connectivity index (χ0n) is 7.21. The normalized spacial score (nSPS) is 10.6. The second kappa shape index (κ2) is 2.89. The lowest BCUT2D eigenvalue weighted by atomic mass is 10.1. The summed E-state index contributed by atoms with van der Waals surface area (Å²) in [6.45, 7) is 2.00. The zero-order chi connectivity index (χ0) is 9.42. The largest absolute Gasteiger partial charge is 0.384 e.